The first-order valence-electron chi connectivity index (χ1n) is 24.1. The van der Waals surface area contributed by atoms with Gasteiger partial charge in [-0.1, -0.05) is 27.7 Å². The number of rotatable bonds is 38. The van der Waals surface area contributed by atoms with E-state index < -0.39 is 175 Å². The highest BCUT2D eigenvalue weighted by Crippen LogP contribution is 2.11. The van der Waals surface area contributed by atoms with Crippen molar-refractivity contribution < 1.29 is 72.5 Å². The molecule has 12 amide bonds. The van der Waals surface area contributed by atoms with Gasteiger partial charge in [-0.3, -0.25) is 62.5 Å². The number of hydrogen-bond donors (Lipinski definition) is 17. The fourth-order valence-corrected chi connectivity index (χ4v) is 7.40. The first-order valence-corrected chi connectivity index (χ1v) is 25.5. The normalized spacial score (nSPS) is 15.0. The molecule has 10 atom stereocenters. The number of amides is 12. The Morgan fingerprint density at radius 3 is 1.24 bits per heavy atom. The molecule has 0 saturated heterocycles. The number of nitrogens with one attached hydrogen (secondary N) is 8. The number of hydrogen-bond acceptors (Lipinski definition) is 17. The summed E-state index contributed by atoms with van der Waals surface area (Å²) >= 11 is 1.27. The van der Waals surface area contributed by atoms with Crippen LogP contribution in [0.4, 0.5) is 0 Å². The molecule has 31 nitrogen and oxygen atoms in total. The molecule has 0 rings (SSSR count). The third kappa shape index (κ3) is 28.4. The first kappa shape index (κ1) is 68.6. The zero-order valence-corrected chi connectivity index (χ0v) is 44.3. The molecule has 32 heteroatoms. The van der Waals surface area contributed by atoms with Gasteiger partial charge in [0, 0.05) is 13.0 Å². The molecule has 0 heterocycles. The predicted molar refractivity (Wildman–Crippen MR) is 274 cm³/mol. The smallest absolute Gasteiger partial charge is 0.326 e. The van der Waals surface area contributed by atoms with E-state index in [1.807, 2.05) is 13.8 Å². The summed E-state index contributed by atoms with van der Waals surface area (Å²) in [6.45, 7) is 8.08. The number of carbonyl (C=O) groups excluding carboxylic acids is 12. The van der Waals surface area contributed by atoms with E-state index in [1.54, 1.807) is 20.1 Å². The third-order valence-corrected chi connectivity index (χ3v) is 11.3. The number of carboxylic acids is 1. The van der Waals surface area contributed by atoms with Crippen molar-refractivity contribution in [3.05, 3.63) is 0 Å². The van der Waals surface area contributed by atoms with Gasteiger partial charge in [-0.25, -0.2) is 4.79 Å². The number of thioether (sulfide) groups is 1. The highest BCUT2D eigenvalue weighted by atomic mass is 32.2. The van der Waals surface area contributed by atoms with Crippen molar-refractivity contribution in [2.75, 3.05) is 18.6 Å². The van der Waals surface area contributed by atoms with Gasteiger partial charge in [0.15, 0.2) is 5.96 Å². The van der Waals surface area contributed by atoms with Crippen molar-refractivity contribution in [2.45, 2.75) is 159 Å². The zero-order chi connectivity index (χ0) is 58.6. The second-order valence-corrected chi connectivity index (χ2v) is 19.6. The Morgan fingerprint density at radius 2 is 0.855 bits per heavy atom. The molecular weight excluding hydrogens is 1020 g/mol. The SMILES string of the molecule is CSCC[C@H](NC(=O)[C@@H](NC(=O)[C@@H](N)CC(C)C)[C@@H](C)O)C(=O)N[C@@H](CCC(N)=O)C(=O)N[C@@H](CC(N)=O)C(=O)N[C@@H](CC(C)C)C(=O)N[C@@H](CC(N)=O)C(=O)N[C@@H](CC(N)=O)C(=O)N[C@@H](CCCN=C(N)N)C(=O)O. The minimum Gasteiger partial charge on any atom is -0.480 e. The van der Waals surface area contributed by atoms with Crippen molar-refractivity contribution in [1.82, 2.24) is 42.5 Å². The molecule has 430 valence electrons. The molecule has 0 saturated carbocycles. The lowest BCUT2D eigenvalue weighted by Gasteiger charge is -2.28. The standard InChI is InChI=1S/C44H78N16O15S/c1-19(2)14-22(45)35(66)60-34(21(5)61)42(73)54-24(11-13-76-6)37(68)53-23(9-10-30(46)62)36(67)57-28(17-32(48)64)40(71)56-26(15-20(3)4)38(69)58-29(18-33(49)65)41(72)59-27(16-31(47)63)39(70)55-25(43(74)75)8-7-12-52-44(50)51/h19-29,34,61H,7-18,45H2,1-6H3,(H2,46,62)(H2,47,63)(H2,48,64)(H2,49,65)(H,53,68)(H,54,73)(H,55,70)(H,56,71)(H,57,67)(H,58,69)(H,59,72)(H,60,66)(H,74,75)(H4,50,51,52)/t21-,22+,23+,24+,25+,26+,27+,28+,29+,34+/m1/s1. The van der Waals surface area contributed by atoms with E-state index in [9.17, 15) is 72.5 Å². The van der Waals surface area contributed by atoms with Crippen molar-refractivity contribution in [1.29, 1.82) is 0 Å². The van der Waals surface area contributed by atoms with E-state index >= 15 is 0 Å². The molecular formula is C44H78N16O15S. The van der Waals surface area contributed by atoms with Crippen molar-refractivity contribution in [2.24, 2.45) is 57.0 Å². The summed E-state index contributed by atoms with van der Waals surface area (Å²) in [7, 11) is 0. The van der Waals surface area contributed by atoms with Crippen LogP contribution in [0, 0.1) is 11.8 Å². The molecule has 0 aliphatic carbocycles. The maximum absolute atomic E-state index is 13.9. The quantitative estimate of drug-likeness (QED) is 0.0155. The lowest BCUT2D eigenvalue weighted by molar-refractivity contribution is -0.143. The molecule has 0 aliphatic heterocycles. The van der Waals surface area contributed by atoms with Crippen LogP contribution >= 0.6 is 11.8 Å². The number of aliphatic imine (C=N–C) groups is 1. The van der Waals surface area contributed by atoms with Crippen LogP contribution in [0.5, 0.6) is 0 Å². The van der Waals surface area contributed by atoms with Crippen LogP contribution in [0.25, 0.3) is 0 Å². The topological polar surface area (TPSA) is 553 Å². The van der Waals surface area contributed by atoms with Crippen LogP contribution in [0.1, 0.15) is 98.8 Å². The molecule has 0 aromatic heterocycles. The van der Waals surface area contributed by atoms with Gasteiger partial charge in [-0.2, -0.15) is 11.8 Å². The van der Waals surface area contributed by atoms with E-state index in [1.165, 1.54) is 18.7 Å². The Morgan fingerprint density at radius 1 is 0.474 bits per heavy atom. The monoisotopic (exact) mass is 1100 g/mol. The Labute approximate surface area is 443 Å². The highest BCUT2D eigenvalue weighted by Gasteiger charge is 2.37. The molecule has 76 heavy (non-hydrogen) atoms. The first-order chi connectivity index (χ1) is 35.3. The fraction of sp³-hybridized carbons (Fsp3) is 0.682. The van der Waals surface area contributed by atoms with Crippen LogP contribution in [-0.2, 0) is 62.3 Å². The number of aliphatic carboxylic acids is 1. The summed E-state index contributed by atoms with van der Waals surface area (Å²) in [5.74, 6) is -15.1. The molecule has 0 spiro atoms. The van der Waals surface area contributed by atoms with E-state index in [0.29, 0.717) is 0 Å². The van der Waals surface area contributed by atoms with Crippen LogP contribution in [-0.4, -0.2) is 172 Å². The number of primary amides is 4. The largest absolute Gasteiger partial charge is 0.480 e. The van der Waals surface area contributed by atoms with E-state index in [-0.39, 0.29) is 56.3 Å². The third-order valence-electron chi connectivity index (χ3n) is 10.7. The lowest BCUT2D eigenvalue weighted by atomic mass is 10.0. The number of guanidine groups is 1. The summed E-state index contributed by atoms with van der Waals surface area (Å²) in [5.41, 5.74) is 38.0. The summed E-state index contributed by atoms with van der Waals surface area (Å²) in [4.78, 5) is 173. The van der Waals surface area contributed by atoms with Crippen LogP contribution in [0.3, 0.4) is 0 Å². The van der Waals surface area contributed by atoms with Crippen LogP contribution in [0.2, 0.25) is 0 Å². The van der Waals surface area contributed by atoms with E-state index in [2.05, 4.69) is 47.5 Å². The van der Waals surface area contributed by atoms with Gasteiger partial charge in [-0.15, -0.1) is 0 Å². The van der Waals surface area contributed by atoms with Gasteiger partial charge in [0.05, 0.1) is 31.4 Å². The summed E-state index contributed by atoms with van der Waals surface area (Å²) in [5, 5.41) is 38.5. The molecule has 0 aliphatic rings. The van der Waals surface area contributed by atoms with Crippen LogP contribution in [0.15, 0.2) is 4.99 Å². The van der Waals surface area contributed by atoms with Gasteiger partial charge in [0.2, 0.25) is 70.9 Å². The number of carboxylic acid groups (broad SMARTS) is 1. The van der Waals surface area contributed by atoms with Crippen molar-refractivity contribution >= 4 is 94.6 Å². The minimum absolute atomic E-state index is 0.00763. The van der Waals surface area contributed by atoms with Gasteiger partial charge in [0.1, 0.15) is 48.3 Å². The molecule has 0 aromatic carbocycles. The number of carbonyl (C=O) groups is 13. The fourth-order valence-electron chi connectivity index (χ4n) is 6.93. The molecule has 0 bridgehead atoms. The average Bonchev–Trinajstić information content (AvgIpc) is 3.29. The van der Waals surface area contributed by atoms with Gasteiger partial charge in [-0.05, 0) is 69.3 Å². The maximum Gasteiger partial charge on any atom is 0.326 e. The summed E-state index contributed by atoms with van der Waals surface area (Å²) < 4.78 is 0. The molecule has 0 radical (unpaired) electrons. The average molecular weight is 1100 g/mol. The second-order valence-electron chi connectivity index (χ2n) is 18.6. The minimum atomic E-state index is -1.92. The lowest BCUT2D eigenvalue weighted by Crippen LogP contribution is -2.61. The van der Waals surface area contributed by atoms with E-state index in [0.717, 1.165) is 0 Å². The van der Waals surface area contributed by atoms with E-state index in [4.69, 9.17) is 40.1 Å². The van der Waals surface area contributed by atoms with Crippen molar-refractivity contribution in [3.63, 3.8) is 0 Å². The van der Waals surface area contributed by atoms with Crippen molar-refractivity contribution in [3.8, 4) is 0 Å². The summed E-state index contributed by atoms with van der Waals surface area (Å²) in [6.07, 6.45) is -3.69. The molecule has 0 fully saturated rings. The maximum atomic E-state index is 13.9. The molecule has 24 N–H and O–H groups in total. The Kier molecular flexibility index (Phi) is 31.6. The number of aliphatic hydroxyl groups excluding tert-OH is 1. The van der Waals surface area contributed by atoms with Gasteiger partial charge in [0.25, 0.3) is 0 Å². The molecule has 0 aromatic rings. The summed E-state index contributed by atoms with van der Waals surface area (Å²) in [6, 6.07) is -14.6. The zero-order valence-electron chi connectivity index (χ0n) is 43.5. The predicted octanol–water partition coefficient (Wildman–Crippen LogP) is -7.55. The van der Waals surface area contributed by atoms with Gasteiger partial charge >= 0.3 is 5.97 Å². The Bertz CT molecular complexity index is 2090. The Hall–Kier alpha value is -7.35. The molecule has 0 unspecified atom stereocenters. The number of nitrogens with two attached hydrogens (primary N) is 7. The van der Waals surface area contributed by atoms with Gasteiger partial charge < -0.3 is 92.9 Å². The highest BCUT2D eigenvalue weighted by molar-refractivity contribution is 7.98. The second kappa shape index (κ2) is 35.0. The Balaban J connectivity index is 6.72. The number of nitrogens with zero attached hydrogens (tertiary/aromatic N) is 1. The number of aliphatic hydroxyl groups is 1. The van der Waals surface area contributed by atoms with Crippen LogP contribution < -0.4 is 82.7 Å².